The van der Waals surface area contributed by atoms with E-state index in [2.05, 4.69) is 0 Å². The van der Waals surface area contributed by atoms with Gasteiger partial charge in [0.05, 0.1) is 39.1 Å². The molecule has 45 heavy (non-hydrogen) atoms. The number of hydrogen-bond donors (Lipinski definition) is 0. The van der Waals surface area contributed by atoms with Gasteiger partial charge in [-0.25, -0.2) is 0 Å². The quantitative estimate of drug-likeness (QED) is 0.125. The monoisotopic (exact) mass is 606 g/mol. The number of carbonyl (C=O) groups excluding carboxylic acids is 1. The van der Waals surface area contributed by atoms with E-state index in [0.29, 0.717) is 26.4 Å². The number of carbonyl (C=O) groups is 1. The van der Waals surface area contributed by atoms with Gasteiger partial charge in [-0.15, -0.1) is 0 Å². The van der Waals surface area contributed by atoms with Crippen molar-refractivity contribution in [1.82, 2.24) is 0 Å². The van der Waals surface area contributed by atoms with E-state index >= 15 is 0 Å². The van der Waals surface area contributed by atoms with Crippen LogP contribution in [0.3, 0.4) is 0 Å². The number of benzene rings is 4. The zero-order valence-corrected chi connectivity index (χ0v) is 25.8. The molecule has 1 aliphatic rings. The lowest BCUT2D eigenvalue weighted by molar-refractivity contribution is -0.272. The minimum Gasteiger partial charge on any atom is -0.374 e. The first-order valence-corrected chi connectivity index (χ1v) is 15.6. The zero-order valence-electron chi connectivity index (χ0n) is 25.8. The van der Waals surface area contributed by atoms with E-state index in [0.717, 1.165) is 22.3 Å². The normalized spacial score (nSPS) is 21.6. The number of allylic oxidation sites excluding steroid dienone is 2. The second kappa shape index (κ2) is 17.5. The van der Waals surface area contributed by atoms with Crippen molar-refractivity contribution >= 4 is 5.78 Å². The van der Waals surface area contributed by atoms with Crippen LogP contribution in [0.25, 0.3) is 0 Å². The number of ether oxygens (including phenoxy) is 5. The topological polar surface area (TPSA) is 63.2 Å². The first-order chi connectivity index (χ1) is 22.2. The van der Waals surface area contributed by atoms with Gasteiger partial charge in [0.1, 0.15) is 24.4 Å². The Morgan fingerprint density at radius 1 is 0.578 bits per heavy atom. The van der Waals surface area contributed by atoms with Crippen LogP contribution in [0.1, 0.15) is 35.6 Å². The second-order valence-electron chi connectivity index (χ2n) is 11.2. The van der Waals surface area contributed by atoms with Crippen LogP contribution in [0.5, 0.6) is 0 Å². The fraction of sp³-hybridized carbons (Fsp3) is 0.308. The van der Waals surface area contributed by atoms with Crippen molar-refractivity contribution < 1.29 is 28.5 Å². The third-order valence-corrected chi connectivity index (χ3v) is 7.73. The smallest absolute Gasteiger partial charge is 0.158 e. The summed E-state index contributed by atoms with van der Waals surface area (Å²) in [5.74, 6) is -0.0368. The molecule has 0 radical (unpaired) electrons. The second-order valence-corrected chi connectivity index (χ2v) is 11.2. The van der Waals surface area contributed by atoms with Crippen molar-refractivity contribution in [2.75, 3.05) is 6.61 Å². The molecule has 1 fully saturated rings. The lowest BCUT2D eigenvalue weighted by Gasteiger charge is -2.46. The molecule has 0 N–H and O–H groups in total. The largest absolute Gasteiger partial charge is 0.374 e. The standard InChI is InChI=1S/C39H42O6/c1-2-15-34(40)24-35-37(42-26-31-18-9-4-10-19-31)39(44-28-33-22-13-6-14-23-33)38(43-27-32-20-11-5-12-21-32)36(45-35)29-41-25-30-16-7-3-8-17-30/h2-23,35-39H,24-29H2,1H3/b15-2-/t35-,36-,37+,38+,39-/m1/s1. The number of rotatable bonds is 16. The average Bonchev–Trinajstić information content (AvgIpc) is 3.08. The van der Waals surface area contributed by atoms with Crippen molar-refractivity contribution in [1.29, 1.82) is 0 Å². The molecule has 0 amide bonds. The van der Waals surface area contributed by atoms with Crippen LogP contribution in [0.2, 0.25) is 0 Å². The van der Waals surface area contributed by atoms with Gasteiger partial charge in [0.15, 0.2) is 5.78 Å². The van der Waals surface area contributed by atoms with Crippen LogP contribution in [0, 0.1) is 0 Å². The Labute approximate surface area is 266 Å². The maximum Gasteiger partial charge on any atom is 0.158 e. The summed E-state index contributed by atoms with van der Waals surface area (Å²) in [6.45, 7) is 3.59. The van der Waals surface area contributed by atoms with Crippen LogP contribution in [-0.2, 0) is 54.9 Å². The van der Waals surface area contributed by atoms with E-state index in [-0.39, 0.29) is 18.8 Å². The van der Waals surface area contributed by atoms with E-state index in [9.17, 15) is 4.79 Å². The summed E-state index contributed by atoms with van der Waals surface area (Å²) in [5, 5.41) is 0. The van der Waals surface area contributed by atoms with Gasteiger partial charge >= 0.3 is 0 Å². The molecule has 1 saturated heterocycles. The summed E-state index contributed by atoms with van der Waals surface area (Å²) in [4.78, 5) is 13.0. The molecule has 6 nitrogen and oxygen atoms in total. The highest BCUT2D eigenvalue weighted by Gasteiger charge is 2.48. The predicted octanol–water partition coefficient (Wildman–Crippen LogP) is 7.26. The molecule has 1 heterocycles. The van der Waals surface area contributed by atoms with Crippen LogP contribution < -0.4 is 0 Å². The van der Waals surface area contributed by atoms with E-state index in [4.69, 9.17) is 23.7 Å². The minimum atomic E-state index is -0.575. The van der Waals surface area contributed by atoms with Gasteiger partial charge in [-0.2, -0.15) is 0 Å². The summed E-state index contributed by atoms with van der Waals surface area (Å²) in [6.07, 6.45) is 0.762. The van der Waals surface area contributed by atoms with Crippen LogP contribution in [-0.4, -0.2) is 42.9 Å². The molecule has 6 heteroatoms. The Balaban J connectivity index is 1.45. The molecule has 1 aliphatic heterocycles. The zero-order chi connectivity index (χ0) is 31.1. The fourth-order valence-electron chi connectivity index (χ4n) is 5.50. The summed E-state index contributed by atoms with van der Waals surface area (Å²) >= 11 is 0. The molecule has 0 unspecified atom stereocenters. The van der Waals surface area contributed by atoms with E-state index in [1.54, 1.807) is 12.2 Å². The third-order valence-electron chi connectivity index (χ3n) is 7.73. The summed E-state index contributed by atoms with van der Waals surface area (Å²) in [5.41, 5.74) is 4.16. The highest BCUT2D eigenvalue weighted by Crippen LogP contribution is 2.32. The van der Waals surface area contributed by atoms with Gasteiger partial charge in [0.2, 0.25) is 0 Å². The van der Waals surface area contributed by atoms with E-state index < -0.39 is 30.5 Å². The van der Waals surface area contributed by atoms with Crippen LogP contribution in [0.4, 0.5) is 0 Å². The lowest BCUT2D eigenvalue weighted by atomic mass is 9.91. The summed E-state index contributed by atoms with van der Waals surface area (Å²) in [6, 6.07) is 40.1. The highest BCUT2D eigenvalue weighted by atomic mass is 16.6. The first kappa shape index (κ1) is 32.5. The molecule has 0 spiro atoms. The number of hydrogen-bond acceptors (Lipinski definition) is 6. The lowest BCUT2D eigenvalue weighted by Crippen LogP contribution is -2.61. The molecule has 0 bridgehead atoms. The molecule has 234 valence electrons. The van der Waals surface area contributed by atoms with Crippen molar-refractivity contribution in [2.45, 2.75) is 70.3 Å². The molecule has 5 atom stereocenters. The Kier molecular flexibility index (Phi) is 12.7. The van der Waals surface area contributed by atoms with Gasteiger partial charge in [-0.05, 0) is 35.3 Å². The van der Waals surface area contributed by atoms with Gasteiger partial charge in [0.25, 0.3) is 0 Å². The maximum atomic E-state index is 13.0. The third kappa shape index (κ3) is 10.0. The fourth-order valence-corrected chi connectivity index (χ4v) is 5.50. The Morgan fingerprint density at radius 2 is 0.978 bits per heavy atom. The molecule has 0 saturated carbocycles. The molecular formula is C39H42O6. The minimum absolute atomic E-state index is 0.0368. The van der Waals surface area contributed by atoms with Gasteiger partial charge < -0.3 is 23.7 Å². The van der Waals surface area contributed by atoms with Gasteiger partial charge in [0, 0.05) is 6.42 Å². The van der Waals surface area contributed by atoms with Crippen molar-refractivity contribution in [3.05, 3.63) is 156 Å². The Hall–Kier alpha value is -3.91. The van der Waals surface area contributed by atoms with Gasteiger partial charge in [-0.1, -0.05) is 127 Å². The molecular weight excluding hydrogens is 564 g/mol. The van der Waals surface area contributed by atoms with Crippen molar-refractivity contribution in [2.24, 2.45) is 0 Å². The first-order valence-electron chi connectivity index (χ1n) is 15.6. The SMILES string of the molecule is C/C=C\C(=O)C[C@H]1O[C@H](COCc2ccccc2)[C@H](OCc2ccccc2)[C@H](OCc2ccccc2)[C@H]1OCc1ccccc1. The average molecular weight is 607 g/mol. The maximum absolute atomic E-state index is 13.0. The van der Waals surface area contributed by atoms with Crippen molar-refractivity contribution in [3.8, 4) is 0 Å². The van der Waals surface area contributed by atoms with Crippen molar-refractivity contribution in [3.63, 3.8) is 0 Å². The molecule has 0 aromatic heterocycles. The summed E-state index contributed by atoms with van der Waals surface area (Å²) < 4.78 is 32.9. The van der Waals surface area contributed by atoms with Crippen LogP contribution in [0.15, 0.2) is 133 Å². The predicted molar refractivity (Wildman–Crippen MR) is 174 cm³/mol. The van der Waals surface area contributed by atoms with E-state index in [1.807, 2.05) is 128 Å². The van der Waals surface area contributed by atoms with Gasteiger partial charge in [-0.3, -0.25) is 4.79 Å². The molecule has 0 aliphatic carbocycles. The van der Waals surface area contributed by atoms with E-state index in [1.165, 1.54) is 0 Å². The number of ketones is 1. The molecule has 5 rings (SSSR count). The summed E-state index contributed by atoms with van der Waals surface area (Å²) in [7, 11) is 0. The Morgan fingerprint density at radius 3 is 1.42 bits per heavy atom. The molecule has 4 aromatic rings. The molecule has 4 aromatic carbocycles. The Bertz CT molecular complexity index is 1430. The van der Waals surface area contributed by atoms with Crippen LogP contribution >= 0.6 is 0 Å². The highest BCUT2D eigenvalue weighted by molar-refractivity contribution is 5.89.